The molecule has 1 aliphatic rings. The number of rotatable bonds is 2. The van der Waals surface area contributed by atoms with Crippen molar-refractivity contribution in [2.24, 2.45) is 0 Å². The normalized spacial score (nSPS) is 12.3. The van der Waals surface area contributed by atoms with Gasteiger partial charge in [0.05, 0.1) is 0 Å². The van der Waals surface area contributed by atoms with Crippen LogP contribution >= 0.6 is 15.1 Å². The van der Waals surface area contributed by atoms with Crippen LogP contribution in [0.25, 0.3) is 10.6 Å². The van der Waals surface area contributed by atoms with Crippen LogP contribution in [0.2, 0.25) is 0 Å². The van der Waals surface area contributed by atoms with Gasteiger partial charge in [-0.05, 0) is 35.3 Å². The molecule has 0 bridgehead atoms. The van der Waals surface area contributed by atoms with Crippen molar-refractivity contribution in [3.05, 3.63) is 95.0 Å². The highest BCUT2D eigenvalue weighted by atomic mass is 31.1. The van der Waals surface area contributed by atoms with Crippen LogP contribution in [0.1, 0.15) is 11.1 Å². The van der Waals surface area contributed by atoms with Crippen LogP contribution in [0.5, 0.6) is 11.5 Å². The second-order valence-corrected chi connectivity index (χ2v) is 9.78. The lowest BCUT2D eigenvalue weighted by Crippen LogP contribution is -2.04. The van der Waals surface area contributed by atoms with E-state index in [0.717, 1.165) is 17.9 Å². The summed E-state index contributed by atoms with van der Waals surface area (Å²) >= 11 is 0. The Bertz CT molecular complexity index is 917. The van der Waals surface area contributed by atoms with E-state index in [2.05, 4.69) is 83.9 Å². The second kappa shape index (κ2) is 5.71. The van der Waals surface area contributed by atoms with Gasteiger partial charge in [-0.25, -0.2) is 0 Å². The van der Waals surface area contributed by atoms with E-state index in [0.29, 0.717) is 0 Å². The van der Waals surface area contributed by atoms with Crippen molar-refractivity contribution in [1.82, 2.24) is 0 Å². The fourth-order valence-electron chi connectivity index (χ4n) is 3.36. The maximum Gasteiger partial charge on any atom is 0.142 e. The van der Waals surface area contributed by atoms with Gasteiger partial charge in [0.2, 0.25) is 0 Å². The molecule has 2 aromatic heterocycles. The van der Waals surface area contributed by atoms with E-state index < -0.39 is 0 Å². The monoisotopic (exact) mass is 346 g/mol. The molecule has 3 heterocycles. The van der Waals surface area contributed by atoms with Crippen molar-refractivity contribution < 1.29 is 4.74 Å². The Morgan fingerprint density at radius 3 is 1.50 bits per heavy atom. The van der Waals surface area contributed by atoms with E-state index in [9.17, 15) is 0 Å². The number of para-hydroxylation sites is 2. The summed E-state index contributed by atoms with van der Waals surface area (Å²) in [6.45, 7) is 0. The summed E-state index contributed by atoms with van der Waals surface area (Å²) in [4.78, 5) is 0. The summed E-state index contributed by atoms with van der Waals surface area (Å²) < 4.78 is 6.56. The third-order valence-corrected chi connectivity index (χ3v) is 8.29. The van der Waals surface area contributed by atoms with Gasteiger partial charge in [0.15, 0.2) is 0 Å². The van der Waals surface area contributed by atoms with Crippen LogP contribution < -0.4 is 4.74 Å². The zero-order valence-corrected chi connectivity index (χ0v) is 14.9. The van der Waals surface area contributed by atoms with E-state index in [1.165, 1.54) is 21.7 Å². The number of ether oxygens (including phenoxy) is 1. The lowest BCUT2D eigenvalue weighted by Gasteiger charge is -2.24. The van der Waals surface area contributed by atoms with Gasteiger partial charge in [0, 0.05) is 28.2 Å². The Labute approximate surface area is 143 Å². The molecule has 0 radical (unpaired) electrons. The summed E-state index contributed by atoms with van der Waals surface area (Å²) in [6, 6.07) is 21.8. The molecule has 0 aliphatic carbocycles. The van der Waals surface area contributed by atoms with Crippen molar-refractivity contribution in [2.45, 2.75) is 6.42 Å². The largest absolute Gasteiger partial charge is 0.455 e. The van der Waals surface area contributed by atoms with Gasteiger partial charge in [-0.3, -0.25) is 0 Å². The van der Waals surface area contributed by atoms with Crippen molar-refractivity contribution >= 4 is 15.1 Å². The molecule has 0 N–H and O–H groups in total. The molecule has 0 spiro atoms. The molecule has 1 aliphatic heterocycles. The Hall–Kier alpha value is -2.20. The number of hydrogen-bond donors (Lipinski definition) is 0. The molecular weight excluding hydrogens is 330 g/mol. The first-order valence-corrected chi connectivity index (χ1v) is 11.0. The first-order valence-electron chi connectivity index (χ1n) is 8.08. The first kappa shape index (κ1) is 14.2. The highest BCUT2D eigenvalue weighted by Gasteiger charge is 2.23. The third kappa shape index (κ3) is 2.25. The lowest BCUT2D eigenvalue weighted by atomic mass is 10.0. The van der Waals surface area contributed by atoms with Crippen LogP contribution in [0.4, 0.5) is 0 Å². The minimum atomic E-state index is -0.373. The average molecular weight is 346 g/mol. The predicted octanol–water partition coefficient (Wildman–Crippen LogP) is 7.33. The van der Waals surface area contributed by atoms with Crippen molar-refractivity contribution in [3.63, 3.8) is 0 Å². The number of hydrogen-bond acceptors (Lipinski definition) is 1. The summed E-state index contributed by atoms with van der Waals surface area (Å²) in [6.07, 6.45) is 0.958. The Balaban J connectivity index is 1.68. The topological polar surface area (TPSA) is 9.23 Å². The first-order chi connectivity index (χ1) is 11.9. The van der Waals surface area contributed by atoms with Gasteiger partial charge >= 0.3 is 0 Å². The highest BCUT2D eigenvalue weighted by molar-refractivity contribution is 7.56. The highest BCUT2D eigenvalue weighted by Crippen LogP contribution is 2.54. The predicted molar refractivity (Wildman–Crippen MR) is 104 cm³/mol. The van der Waals surface area contributed by atoms with Gasteiger partial charge in [-0.1, -0.05) is 63.6 Å². The SMILES string of the molecule is c1cc2c(c(-p3cccc3)c1)Oc1c(cccc1-p1cccc1)C2. The molecule has 4 aromatic rings. The molecular formula is C21H16OP2. The van der Waals surface area contributed by atoms with E-state index in [1.54, 1.807) is 0 Å². The quantitative estimate of drug-likeness (QED) is 0.325. The van der Waals surface area contributed by atoms with Crippen molar-refractivity contribution in [2.75, 3.05) is 0 Å². The molecule has 1 nitrogen and oxygen atoms in total. The molecule has 0 atom stereocenters. The third-order valence-electron chi connectivity index (χ3n) is 4.50. The fraction of sp³-hybridized carbons (Fsp3) is 0.0476. The zero-order chi connectivity index (χ0) is 15.9. The van der Waals surface area contributed by atoms with E-state index >= 15 is 0 Å². The Morgan fingerprint density at radius 1 is 0.583 bits per heavy atom. The maximum absolute atomic E-state index is 6.56. The van der Waals surface area contributed by atoms with Gasteiger partial charge in [-0.2, -0.15) is 0 Å². The lowest BCUT2D eigenvalue weighted by molar-refractivity contribution is 0.466. The van der Waals surface area contributed by atoms with E-state index in [-0.39, 0.29) is 15.1 Å². The van der Waals surface area contributed by atoms with Gasteiger partial charge in [0.1, 0.15) is 11.5 Å². The van der Waals surface area contributed by atoms with Gasteiger partial charge < -0.3 is 4.74 Å². The Kier molecular flexibility index (Phi) is 3.37. The van der Waals surface area contributed by atoms with Crippen LogP contribution in [0.3, 0.4) is 0 Å². The van der Waals surface area contributed by atoms with Crippen molar-refractivity contribution in [1.29, 1.82) is 0 Å². The molecule has 0 amide bonds. The summed E-state index contributed by atoms with van der Waals surface area (Å²) in [5.74, 6) is 11.3. The summed E-state index contributed by atoms with van der Waals surface area (Å²) in [5.41, 5.74) is 2.61. The molecule has 116 valence electrons. The smallest absolute Gasteiger partial charge is 0.142 e. The van der Waals surface area contributed by atoms with E-state index in [4.69, 9.17) is 4.74 Å². The van der Waals surface area contributed by atoms with Crippen LogP contribution in [0.15, 0.2) is 83.9 Å². The molecule has 0 saturated heterocycles. The van der Waals surface area contributed by atoms with Gasteiger partial charge in [0.25, 0.3) is 0 Å². The zero-order valence-electron chi connectivity index (χ0n) is 13.1. The Morgan fingerprint density at radius 2 is 1.04 bits per heavy atom. The van der Waals surface area contributed by atoms with Crippen LogP contribution in [-0.2, 0) is 6.42 Å². The molecule has 0 saturated carbocycles. The minimum Gasteiger partial charge on any atom is -0.455 e. The summed E-state index contributed by atoms with van der Waals surface area (Å²) in [7, 11) is -0.746. The molecule has 24 heavy (non-hydrogen) atoms. The number of benzene rings is 2. The molecule has 3 heteroatoms. The number of fused-ring (bicyclic) bond motifs is 2. The average Bonchev–Trinajstić information content (AvgIpc) is 3.32. The van der Waals surface area contributed by atoms with Crippen LogP contribution in [-0.4, -0.2) is 0 Å². The van der Waals surface area contributed by atoms with Gasteiger partial charge in [-0.15, -0.1) is 0 Å². The molecule has 5 rings (SSSR count). The summed E-state index contributed by atoms with van der Waals surface area (Å²) in [5, 5.41) is 2.66. The maximum atomic E-state index is 6.56. The fourth-order valence-corrected chi connectivity index (χ4v) is 6.71. The second-order valence-electron chi connectivity index (χ2n) is 5.99. The molecule has 2 aromatic carbocycles. The van der Waals surface area contributed by atoms with E-state index in [1.807, 2.05) is 0 Å². The van der Waals surface area contributed by atoms with Crippen molar-refractivity contribution in [3.8, 4) is 22.1 Å². The van der Waals surface area contributed by atoms with Crippen LogP contribution in [0, 0.1) is 0 Å². The standard InChI is InChI=1S/C21H16OP2/c1-2-12-23(11-1)18-9-5-7-16-15-17-8-6-10-19(21(17)22-20(16)18)24-13-3-4-14-24/h1-14H,15H2. The minimum absolute atomic E-state index is 0.373. The molecule has 0 fully saturated rings. The molecule has 0 unspecified atom stereocenters.